The van der Waals surface area contributed by atoms with Crippen molar-refractivity contribution in [2.75, 3.05) is 37.9 Å². The van der Waals surface area contributed by atoms with E-state index in [0.29, 0.717) is 18.0 Å². The van der Waals surface area contributed by atoms with Gasteiger partial charge < -0.3 is 19.7 Å². The number of hydrogen-bond acceptors (Lipinski definition) is 6. The van der Waals surface area contributed by atoms with Gasteiger partial charge in [0.1, 0.15) is 12.6 Å². The van der Waals surface area contributed by atoms with E-state index in [9.17, 15) is 18.0 Å². The van der Waals surface area contributed by atoms with E-state index >= 15 is 0 Å². The Hall–Kier alpha value is -4.05. The van der Waals surface area contributed by atoms with Gasteiger partial charge in [0.05, 0.1) is 26.2 Å². The lowest BCUT2D eigenvalue weighted by Gasteiger charge is -2.33. The van der Waals surface area contributed by atoms with Gasteiger partial charge in [0.25, 0.3) is 0 Å². The van der Waals surface area contributed by atoms with Gasteiger partial charge in [-0.25, -0.2) is 8.42 Å². The Balaban J connectivity index is 2.04. The summed E-state index contributed by atoms with van der Waals surface area (Å²) >= 11 is 0. The summed E-state index contributed by atoms with van der Waals surface area (Å²) in [6.07, 6.45) is 1.30. The minimum atomic E-state index is -3.89. The highest BCUT2D eigenvalue weighted by Gasteiger charge is 2.33. The molecule has 0 radical (unpaired) electrons. The molecule has 0 aliphatic heterocycles. The van der Waals surface area contributed by atoms with Crippen molar-refractivity contribution in [1.82, 2.24) is 10.2 Å². The molecule has 1 unspecified atom stereocenters. The fraction of sp³-hybridized carbons (Fsp3) is 0.310. The maximum Gasteiger partial charge on any atom is 0.244 e. The zero-order valence-corrected chi connectivity index (χ0v) is 23.5. The number of nitrogens with zero attached hydrogens (tertiary/aromatic N) is 2. The zero-order chi connectivity index (χ0) is 28.4. The molecular formula is C29H35N3O6S. The standard InChI is InChI=1S/C29H35N3O6S/c1-5-30-29(34)25(18-22-12-8-6-9-13-22)31(20-23-14-10-7-11-15-23)28(33)21-32(39(4,35)36)24-16-17-26(37-2)27(19-24)38-3/h6-17,19,25H,5,18,20-21H2,1-4H3,(H,30,34). The molecule has 0 aliphatic carbocycles. The Labute approximate surface area is 230 Å². The predicted molar refractivity (Wildman–Crippen MR) is 151 cm³/mol. The number of nitrogens with one attached hydrogen (secondary N) is 1. The summed E-state index contributed by atoms with van der Waals surface area (Å²) in [5, 5.41) is 2.83. The van der Waals surface area contributed by atoms with Crippen LogP contribution in [0.3, 0.4) is 0 Å². The third-order valence-electron chi connectivity index (χ3n) is 6.15. The summed E-state index contributed by atoms with van der Waals surface area (Å²) in [4.78, 5) is 28.8. The van der Waals surface area contributed by atoms with E-state index < -0.39 is 28.5 Å². The second-order valence-electron chi connectivity index (χ2n) is 8.92. The lowest BCUT2D eigenvalue weighted by atomic mass is 10.0. The number of carbonyl (C=O) groups is 2. The minimum absolute atomic E-state index is 0.123. The number of hydrogen-bond donors (Lipinski definition) is 1. The molecule has 1 atom stereocenters. The smallest absolute Gasteiger partial charge is 0.244 e. The molecule has 3 aromatic carbocycles. The van der Waals surface area contributed by atoms with Crippen LogP contribution in [0.15, 0.2) is 78.9 Å². The molecule has 3 aromatic rings. The maximum absolute atomic E-state index is 14.0. The number of ether oxygens (including phenoxy) is 2. The van der Waals surface area contributed by atoms with Crippen molar-refractivity contribution in [3.8, 4) is 11.5 Å². The van der Waals surface area contributed by atoms with Crippen molar-refractivity contribution in [2.24, 2.45) is 0 Å². The summed E-state index contributed by atoms with van der Waals surface area (Å²) in [5.74, 6) is -0.0960. The lowest BCUT2D eigenvalue weighted by Crippen LogP contribution is -2.53. The van der Waals surface area contributed by atoms with E-state index in [4.69, 9.17) is 9.47 Å². The van der Waals surface area contributed by atoms with Crippen molar-refractivity contribution in [3.63, 3.8) is 0 Å². The quantitative estimate of drug-likeness (QED) is 0.349. The Morgan fingerprint density at radius 1 is 0.872 bits per heavy atom. The summed E-state index contributed by atoms with van der Waals surface area (Å²) < 4.78 is 37.4. The molecule has 39 heavy (non-hydrogen) atoms. The van der Waals surface area contributed by atoms with Crippen molar-refractivity contribution in [1.29, 1.82) is 0 Å². The van der Waals surface area contributed by atoms with Gasteiger partial charge in [-0.15, -0.1) is 0 Å². The molecule has 0 aromatic heterocycles. The summed E-state index contributed by atoms with van der Waals surface area (Å²) in [6, 6.07) is 22.4. The summed E-state index contributed by atoms with van der Waals surface area (Å²) in [6.45, 7) is 1.81. The molecule has 0 spiro atoms. The number of methoxy groups -OCH3 is 2. The summed E-state index contributed by atoms with van der Waals surface area (Å²) in [5.41, 5.74) is 1.92. The van der Waals surface area contributed by atoms with E-state index in [-0.39, 0.29) is 24.6 Å². The zero-order valence-electron chi connectivity index (χ0n) is 22.7. The first kappa shape index (κ1) is 29.5. The molecule has 0 saturated carbocycles. The van der Waals surface area contributed by atoms with Crippen molar-refractivity contribution in [3.05, 3.63) is 90.0 Å². The molecule has 3 rings (SSSR count). The van der Waals surface area contributed by atoms with E-state index in [1.807, 2.05) is 67.6 Å². The molecular weight excluding hydrogens is 518 g/mol. The van der Waals surface area contributed by atoms with Gasteiger partial charge in [0.2, 0.25) is 21.8 Å². The summed E-state index contributed by atoms with van der Waals surface area (Å²) in [7, 11) is -0.969. The van der Waals surface area contributed by atoms with Crippen LogP contribution in [0.25, 0.3) is 0 Å². The molecule has 0 bridgehead atoms. The molecule has 0 heterocycles. The highest BCUT2D eigenvalue weighted by molar-refractivity contribution is 7.92. The van der Waals surface area contributed by atoms with E-state index in [1.54, 1.807) is 12.1 Å². The molecule has 0 aliphatic rings. The number of rotatable bonds is 13. The number of amides is 2. The number of carbonyl (C=O) groups excluding carboxylic acids is 2. The van der Waals surface area contributed by atoms with Gasteiger partial charge in [0, 0.05) is 25.6 Å². The Morgan fingerprint density at radius 3 is 2.00 bits per heavy atom. The first-order valence-corrected chi connectivity index (χ1v) is 14.4. The van der Waals surface area contributed by atoms with Crippen LogP contribution in [-0.4, -0.2) is 64.7 Å². The normalized spacial score (nSPS) is 11.8. The van der Waals surface area contributed by atoms with Gasteiger partial charge >= 0.3 is 0 Å². The molecule has 208 valence electrons. The average molecular weight is 554 g/mol. The van der Waals surface area contributed by atoms with Crippen LogP contribution in [0.1, 0.15) is 18.1 Å². The molecule has 0 fully saturated rings. The van der Waals surface area contributed by atoms with Crippen LogP contribution in [0.5, 0.6) is 11.5 Å². The van der Waals surface area contributed by atoms with Crippen LogP contribution in [0, 0.1) is 0 Å². The van der Waals surface area contributed by atoms with Gasteiger partial charge in [0.15, 0.2) is 11.5 Å². The van der Waals surface area contributed by atoms with Gasteiger partial charge in [-0.05, 0) is 30.2 Å². The third-order valence-corrected chi connectivity index (χ3v) is 7.29. The fourth-order valence-corrected chi connectivity index (χ4v) is 5.06. The van der Waals surface area contributed by atoms with Crippen molar-refractivity contribution < 1.29 is 27.5 Å². The number of anilines is 1. The molecule has 1 N–H and O–H groups in total. The molecule has 10 heteroatoms. The second kappa shape index (κ2) is 13.7. The van der Waals surface area contributed by atoms with Crippen LogP contribution in [0.4, 0.5) is 5.69 Å². The van der Waals surface area contributed by atoms with E-state index in [0.717, 1.165) is 21.7 Å². The number of likely N-dealkylation sites (N-methyl/N-ethyl adjacent to an activating group) is 1. The fourth-order valence-electron chi connectivity index (χ4n) is 4.22. The highest BCUT2D eigenvalue weighted by Crippen LogP contribution is 2.32. The van der Waals surface area contributed by atoms with Crippen LogP contribution < -0.4 is 19.1 Å². The van der Waals surface area contributed by atoms with Crippen molar-refractivity contribution >= 4 is 27.5 Å². The van der Waals surface area contributed by atoms with Crippen LogP contribution in [0.2, 0.25) is 0 Å². The molecule has 9 nitrogen and oxygen atoms in total. The Bertz CT molecular complexity index is 1350. The number of sulfonamides is 1. The highest BCUT2D eigenvalue weighted by atomic mass is 32.2. The first-order valence-electron chi connectivity index (χ1n) is 12.5. The largest absolute Gasteiger partial charge is 0.493 e. The minimum Gasteiger partial charge on any atom is -0.493 e. The number of benzene rings is 3. The molecule has 0 saturated heterocycles. The average Bonchev–Trinajstić information content (AvgIpc) is 2.93. The predicted octanol–water partition coefficient (Wildman–Crippen LogP) is 3.25. The lowest BCUT2D eigenvalue weighted by molar-refractivity contribution is -0.140. The molecule has 2 amide bonds. The Kier molecular flexibility index (Phi) is 10.3. The van der Waals surface area contributed by atoms with Crippen LogP contribution >= 0.6 is 0 Å². The van der Waals surface area contributed by atoms with Crippen LogP contribution in [-0.2, 0) is 32.6 Å². The second-order valence-corrected chi connectivity index (χ2v) is 10.8. The van der Waals surface area contributed by atoms with Gasteiger partial charge in [-0.3, -0.25) is 13.9 Å². The van der Waals surface area contributed by atoms with Gasteiger partial charge in [-0.2, -0.15) is 0 Å². The van der Waals surface area contributed by atoms with E-state index in [2.05, 4.69) is 5.32 Å². The Morgan fingerprint density at radius 2 is 1.46 bits per heavy atom. The SMILES string of the molecule is CCNC(=O)C(Cc1ccccc1)N(Cc1ccccc1)C(=O)CN(c1ccc(OC)c(OC)c1)S(C)(=O)=O. The topological polar surface area (TPSA) is 105 Å². The maximum atomic E-state index is 14.0. The first-order chi connectivity index (χ1) is 18.7. The van der Waals surface area contributed by atoms with E-state index in [1.165, 1.54) is 25.2 Å². The van der Waals surface area contributed by atoms with Gasteiger partial charge in [-0.1, -0.05) is 60.7 Å². The third kappa shape index (κ3) is 7.97. The van der Waals surface area contributed by atoms with Crippen molar-refractivity contribution in [2.45, 2.75) is 25.9 Å². The monoisotopic (exact) mass is 553 g/mol.